The number of oxime groups is 1. The van der Waals surface area contributed by atoms with Gasteiger partial charge >= 0.3 is 5.97 Å². The van der Waals surface area contributed by atoms with E-state index in [1.165, 1.54) is 16.3 Å². The number of hydrogen-bond donors (Lipinski definition) is 1. The number of H-pyrrole nitrogens is 1. The molecule has 5 heteroatoms. The van der Waals surface area contributed by atoms with Crippen LogP contribution in [-0.4, -0.2) is 21.9 Å². The molecule has 0 saturated carbocycles. The first kappa shape index (κ1) is 19.4. The van der Waals surface area contributed by atoms with E-state index in [-0.39, 0.29) is 11.4 Å². The molecule has 1 aliphatic carbocycles. The van der Waals surface area contributed by atoms with Gasteiger partial charge in [-0.15, -0.1) is 0 Å². The van der Waals surface area contributed by atoms with E-state index < -0.39 is 0 Å². The molecule has 5 nitrogen and oxygen atoms in total. The van der Waals surface area contributed by atoms with Crippen LogP contribution in [0.4, 0.5) is 0 Å². The molecule has 2 aromatic carbocycles. The largest absolute Gasteiger partial charge is 0.335 e. The van der Waals surface area contributed by atoms with E-state index in [1.54, 1.807) is 0 Å². The molecule has 0 spiro atoms. The first-order chi connectivity index (χ1) is 14.0. The monoisotopic (exact) mass is 389 g/mol. The third-order valence-electron chi connectivity index (χ3n) is 5.46. The van der Waals surface area contributed by atoms with Crippen LogP contribution < -0.4 is 0 Å². The van der Waals surface area contributed by atoms with Crippen LogP contribution in [-0.2, 0) is 22.5 Å². The standard InChI is InChI=1S/C24H27N3O2/c1-4-8-22(28)29-27-21-15-24(2,3)14-20-23(21)19(25-26-20)13-17-11-7-10-16-9-5-6-12-18(16)17/h5-7,9-12H,4,8,13-15H2,1-3H3,(H,25,26). The van der Waals surface area contributed by atoms with Crippen LogP contribution in [0.15, 0.2) is 47.6 Å². The summed E-state index contributed by atoms with van der Waals surface area (Å²) in [7, 11) is 0. The van der Waals surface area contributed by atoms with Gasteiger partial charge in [0.15, 0.2) is 0 Å². The van der Waals surface area contributed by atoms with Gasteiger partial charge in [-0.3, -0.25) is 5.10 Å². The van der Waals surface area contributed by atoms with E-state index in [4.69, 9.17) is 4.84 Å². The number of nitrogens with zero attached hydrogens (tertiary/aromatic N) is 2. The van der Waals surface area contributed by atoms with Crippen molar-refractivity contribution >= 4 is 22.5 Å². The number of rotatable bonds is 5. The number of carbonyl (C=O) groups is 1. The molecule has 0 radical (unpaired) electrons. The molecule has 0 bridgehead atoms. The molecule has 0 saturated heterocycles. The molecule has 0 aliphatic heterocycles. The fraction of sp³-hybridized carbons (Fsp3) is 0.375. The maximum absolute atomic E-state index is 11.9. The van der Waals surface area contributed by atoms with Crippen molar-refractivity contribution < 1.29 is 9.63 Å². The number of carbonyl (C=O) groups excluding carboxylic acids is 1. The Balaban J connectivity index is 1.71. The molecule has 1 heterocycles. The van der Waals surface area contributed by atoms with Crippen LogP contribution in [0.1, 0.15) is 62.5 Å². The van der Waals surface area contributed by atoms with Crippen molar-refractivity contribution in [1.29, 1.82) is 0 Å². The number of fused-ring (bicyclic) bond motifs is 2. The van der Waals surface area contributed by atoms with Gasteiger partial charge in [0, 0.05) is 24.1 Å². The quantitative estimate of drug-likeness (QED) is 0.483. The lowest BCUT2D eigenvalue weighted by Crippen LogP contribution is -2.28. The highest BCUT2D eigenvalue weighted by molar-refractivity contribution is 6.04. The predicted molar refractivity (Wildman–Crippen MR) is 115 cm³/mol. The van der Waals surface area contributed by atoms with Crippen molar-refractivity contribution in [3.8, 4) is 0 Å². The minimum Gasteiger partial charge on any atom is -0.318 e. The third kappa shape index (κ3) is 4.09. The van der Waals surface area contributed by atoms with Gasteiger partial charge in [-0.2, -0.15) is 5.10 Å². The third-order valence-corrected chi connectivity index (χ3v) is 5.46. The Bertz CT molecular complexity index is 1070. The van der Waals surface area contributed by atoms with E-state index in [9.17, 15) is 4.79 Å². The topological polar surface area (TPSA) is 67.3 Å². The normalized spacial score (nSPS) is 16.7. The Morgan fingerprint density at radius 1 is 1.17 bits per heavy atom. The fourth-order valence-electron chi connectivity index (χ4n) is 4.16. The Hall–Kier alpha value is -2.95. The average Bonchev–Trinajstić information content (AvgIpc) is 3.08. The van der Waals surface area contributed by atoms with Gasteiger partial charge < -0.3 is 4.84 Å². The molecule has 1 N–H and O–H groups in total. The van der Waals surface area contributed by atoms with Gasteiger partial charge in [0.1, 0.15) is 0 Å². The molecule has 1 aliphatic rings. The number of aromatic amines is 1. The lowest BCUT2D eigenvalue weighted by Gasteiger charge is -2.29. The molecule has 0 amide bonds. The summed E-state index contributed by atoms with van der Waals surface area (Å²) in [6.07, 6.45) is 3.48. The summed E-state index contributed by atoms with van der Waals surface area (Å²) in [6.45, 7) is 6.35. The molecule has 150 valence electrons. The molecule has 4 rings (SSSR count). The average molecular weight is 389 g/mol. The summed E-state index contributed by atoms with van der Waals surface area (Å²) in [4.78, 5) is 17.1. The molecule has 0 unspecified atom stereocenters. The predicted octanol–water partition coefficient (Wildman–Crippen LogP) is 5.17. The number of benzene rings is 2. The minimum atomic E-state index is -0.288. The Labute approximate surface area is 171 Å². The summed E-state index contributed by atoms with van der Waals surface area (Å²) in [6, 6.07) is 14.8. The Morgan fingerprint density at radius 3 is 2.79 bits per heavy atom. The van der Waals surface area contributed by atoms with Gasteiger partial charge in [0.25, 0.3) is 0 Å². The van der Waals surface area contributed by atoms with Crippen LogP contribution in [0.3, 0.4) is 0 Å². The van der Waals surface area contributed by atoms with Crippen molar-refractivity contribution in [3.63, 3.8) is 0 Å². The molecular weight excluding hydrogens is 362 g/mol. The maximum Gasteiger partial charge on any atom is 0.335 e. The number of aromatic nitrogens is 2. The van der Waals surface area contributed by atoms with Gasteiger partial charge in [0.2, 0.25) is 0 Å². The van der Waals surface area contributed by atoms with Crippen LogP contribution in [0.2, 0.25) is 0 Å². The summed E-state index contributed by atoms with van der Waals surface area (Å²) in [5, 5.41) is 14.6. The zero-order valence-electron chi connectivity index (χ0n) is 17.3. The molecule has 29 heavy (non-hydrogen) atoms. The van der Waals surface area contributed by atoms with Crippen LogP contribution in [0.5, 0.6) is 0 Å². The van der Waals surface area contributed by atoms with E-state index in [1.807, 2.05) is 6.92 Å². The highest BCUT2D eigenvalue weighted by Crippen LogP contribution is 2.36. The molecular formula is C24H27N3O2. The summed E-state index contributed by atoms with van der Waals surface area (Å²) in [5.74, 6) is -0.288. The van der Waals surface area contributed by atoms with Crippen molar-refractivity contribution in [2.75, 3.05) is 0 Å². The summed E-state index contributed by atoms with van der Waals surface area (Å²) < 4.78 is 0. The highest BCUT2D eigenvalue weighted by atomic mass is 16.7. The summed E-state index contributed by atoms with van der Waals surface area (Å²) in [5.41, 5.74) is 5.11. The molecule has 3 aromatic rings. The van der Waals surface area contributed by atoms with Crippen molar-refractivity contribution in [2.45, 2.75) is 52.9 Å². The van der Waals surface area contributed by atoms with Gasteiger partial charge in [-0.05, 0) is 41.0 Å². The minimum absolute atomic E-state index is 0.0340. The van der Waals surface area contributed by atoms with E-state index >= 15 is 0 Å². The highest BCUT2D eigenvalue weighted by Gasteiger charge is 2.34. The summed E-state index contributed by atoms with van der Waals surface area (Å²) >= 11 is 0. The second-order valence-electron chi connectivity index (χ2n) is 8.61. The van der Waals surface area contributed by atoms with Crippen LogP contribution in [0.25, 0.3) is 10.8 Å². The van der Waals surface area contributed by atoms with Crippen molar-refractivity contribution in [3.05, 3.63) is 65.0 Å². The SMILES string of the molecule is CCCC(=O)ON=C1CC(C)(C)Cc2[nH]nc(Cc3cccc4ccccc34)c21. The van der Waals surface area contributed by atoms with Crippen molar-refractivity contribution in [2.24, 2.45) is 10.6 Å². The van der Waals surface area contributed by atoms with E-state index in [2.05, 4.69) is 71.7 Å². The number of nitrogens with one attached hydrogen (secondary N) is 1. The molecule has 0 atom stereocenters. The van der Waals surface area contributed by atoms with Gasteiger partial charge in [0.05, 0.1) is 11.4 Å². The second kappa shape index (κ2) is 7.82. The van der Waals surface area contributed by atoms with Gasteiger partial charge in [-0.1, -0.05) is 68.4 Å². The van der Waals surface area contributed by atoms with Crippen LogP contribution in [0, 0.1) is 5.41 Å². The smallest absolute Gasteiger partial charge is 0.318 e. The Morgan fingerprint density at radius 2 is 1.97 bits per heavy atom. The molecule has 0 fully saturated rings. The van der Waals surface area contributed by atoms with Crippen LogP contribution >= 0.6 is 0 Å². The van der Waals surface area contributed by atoms with E-state index in [0.717, 1.165) is 41.9 Å². The van der Waals surface area contributed by atoms with E-state index in [0.29, 0.717) is 12.8 Å². The zero-order valence-corrected chi connectivity index (χ0v) is 17.3. The Kier molecular flexibility index (Phi) is 5.22. The fourth-order valence-corrected chi connectivity index (χ4v) is 4.16. The maximum atomic E-state index is 11.9. The number of hydrogen-bond acceptors (Lipinski definition) is 4. The second-order valence-corrected chi connectivity index (χ2v) is 8.61. The first-order valence-electron chi connectivity index (χ1n) is 10.3. The lowest BCUT2D eigenvalue weighted by atomic mass is 9.75. The lowest BCUT2D eigenvalue weighted by molar-refractivity contribution is -0.143. The first-order valence-corrected chi connectivity index (χ1v) is 10.3. The van der Waals surface area contributed by atoms with Gasteiger partial charge in [-0.25, -0.2) is 4.79 Å². The zero-order chi connectivity index (χ0) is 20.4. The van der Waals surface area contributed by atoms with Crippen molar-refractivity contribution in [1.82, 2.24) is 10.2 Å². The molecule has 1 aromatic heterocycles.